The van der Waals surface area contributed by atoms with Crippen molar-refractivity contribution < 1.29 is 14.7 Å². The zero-order valence-corrected chi connectivity index (χ0v) is 13.7. The van der Waals surface area contributed by atoms with Crippen LogP contribution >= 0.6 is 11.6 Å². The Morgan fingerprint density at radius 3 is 2.74 bits per heavy atom. The van der Waals surface area contributed by atoms with Gasteiger partial charge in [-0.25, -0.2) is 9.48 Å². The summed E-state index contributed by atoms with van der Waals surface area (Å²) in [6.45, 7) is 3.35. The summed E-state index contributed by atoms with van der Waals surface area (Å²) in [7, 11) is 0. The van der Waals surface area contributed by atoms with Crippen molar-refractivity contribution in [1.29, 1.82) is 0 Å². The standard InChI is InChI=1S/C16H18ClN3O3/c1-3-8-16(2,15(22)23)18-14(21)13-7-9-20(19-13)12-6-4-5-11(17)10-12/h4-7,9-10H,3,8H2,1-2H3,(H,18,21)(H,22,23). The number of rotatable bonds is 6. The predicted octanol–water partition coefficient (Wildman–Crippen LogP) is 2.90. The number of hydrogen-bond acceptors (Lipinski definition) is 3. The molecule has 6 nitrogen and oxygen atoms in total. The molecule has 122 valence electrons. The Hall–Kier alpha value is -2.34. The van der Waals surface area contributed by atoms with E-state index in [1.807, 2.05) is 6.92 Å². The third-order valence-electron chi connectivity index (χ3n) is 3.51. The number of benzene rings is 1. The highest BCUT2D eigenvalue weighted by atomic mass is 35.5. The summed E-state index contributed by atoms with van der Waals surface area (Å²) in [5.41, 5.74) is -0.453. The lowest BCUT2D eigenvalue weighted by Crippen LogP contribution is -2.52. The minimum atomic E-state index is -1.31. The highest BCUT2D eigenvalue weighted by Gasteiger charge is 2.34. The number of hydrogen-bond donors (Lipinski definition) is 2. The van der Waals surface area contributed by atoms with E-state index in [1.54, 1.807) is 30.5 Å². The van der Waals surface area contributed by atoms with E-state index in [4.69, 9.17) is 11.6 Å². The van der Waals surface area contributed by atoms with Crippen LogP contribution in [-0.2, 0) is 4.79 Å². The van der Waals surface area contributed by atoms with E-state index in [-0.39, 0.29) is 5.69 Å². The van der Waals surface area contributed by atoms with Gasteiger partial charge in [0.05, 0.1) is 5.69 Å². The highest BCUT2D eigenvalue weighted by molar-refractivity contribution is 6.30. The van der Waals surface area contributed by atoms with Gasteiger partial charge in [0.1, 0.15) is 5.54 Å². The first-order valence-corrected chi connectivity index (χ1v) is 7.61. The fraction of sp³-hybridized carbons (Fsp3) is 0.312. The van der Waals surface area contributed by atoms with E-state index in [2.05, 4.69) is 10.4 Å². The van der Waals surface area contributed by atoms with Gasteiger partial charge in [0, 0.05) is 11.2 Å². The molecule has 0 spiro atoms. The first-order valence-electron chi connectivity index (χ1n) is 7.23. The molecule has 0 saturated heterocycles. The van der Waals surface area contributed by atoms with Crippen molar-refractivity contribution >= 4 is 23.5 Å². The van der Waals surface area contributed by atoms with Crippen molar-refractivity contribution in [3.63, 3.8) is 0 Å². The van der Waals surface area contributed by atoms with Gasteiger partial charge in [0.15, 0.2) is 5.69 Å². The molecule has 2 rings (SSSR count). The second-order valence-electron chi connectivity index (χ2n) is 5.47. The van der Waals surface area contributed by atoms with E-state index < -0.39 is 17.4 Å². The fourth-order valence-corrected chi connectivity index (χ4v) is 2.43. The van der Waals surface area contributed by atoms with Gasteiger partial charge in [-0.1, -0.05) is 31.0 Å². The molecule has 1 aromatic heterocycles. The maximum atomic E-state index is 12.3. The van der Waals surface area contributed by atoms with Crippen molar-refractivity contribution in [1.82, 2.24) is 15.1 Å². The van der Waals surface area contributed by atoms with Crippen molar-refractivity contribution in [2.45, 2.75) is 32.2 Å². The lowest BCUT2D eigenvalue weighted by Gasteiger charge is -2.25. The van der Waals surface area contributed by atoms with Crippen LogP contribution in [0, 0.1) is 0 Å². The first-order chi connectivity index (χ1) is 10.9. The van der Waals surface area contributed by atoms with Crippen molar-refractivity contribution in [3.8, 4) is 5.69 Å². The van der Waals surface area contributed by atoms with Crippen LogP contribution in [0.25, 0.3) is 5.69 Å². The number of aromatic nitrogens is 2. The molecule has 1 atom stereocenters. The van der Waals surface area contributed by atoms with E-state index in [0.717, 1.165) is 0 Å². The second kappa shape index (κ2) is 6.83. The van der Waals surface area contributed by atoms with Gasteiger partial charge in [-0.3, -0.25) is 4.79 Å². The molecule has 0 aliphatic heterocycles. The quantitative estimate of drug-likeness (QED) is 0.850. The minimum absolute atomic E-state index is 0.147. The summed E-state index contributed by atoms with van der Waals surface area (Å²) in [5, 5.41) is 16.6. The number of amides is 1. The lowest BCUT2D eigenvalue weighted by molar-refractivity contribution is -0.144. The van der Waals surface area contributed by atoms with E-state index in [0.29, 0.717) is 23.6 Å². The number of carboxylic acids is 1. The number of aliphatic carboxylic acids is 1. The number of carboxylic acid groups (broad SMARTS) is 1. The second-order valence-corrected chi connectivity index (χ2v) is 5.90. The van der Waals surface area contributed by atoms with Crippen molar-refractivity contribution in [2.75, 3.05) is 0 Å². The Labute approximate surface area is 139 Å². The Morgan fingerprint density at radius 2 is 2.13 bits per heavy atom. The van der Waals surface area contributed by atoms with Crippen LogP contribution in [0.1, 0.15) is 37.2 Å². The average molecular weight is 336 g/mol. The number of nitrogens with one attached hydrogen (secondary N) is 1. The largest absolute Gasteiger partial charge is 0.480 e. The topological polar surface area (TPSA) is 84.2 Å². The van der Waals surface area contributed by atoms with Crippen molar-refractivity contribution in [2.24, 2.45) is 0 Å². The fourth-order valence-electron chi connectivity index (χ4n) is 2.24. The molecular formula is C16H18ClN3O3. The van der Waals surface area contributed by atoms with Crippen LogP contribution in [0.3, 0.4) is 0 Å². The van der Waals surface area contributed by atoms with Crippen LogP contribution in [0.5, 0.6) is 0 Å². The zero-order chi connectivity index (χ0) is 17.0. The van der Waals surface area contributed by atoms with Crippen LogP contribution in [-0.4, -0.2) is 32.3 Å². The molecule has 0 saturated carbocycles. The van der Waals surface area contributed by atoms with Gasteiger partial charge in [-0.15, -0.1) is 0 Å². The van der Waals surface area contributed by atoms with Gasteiger partial charge in [0.25, 0.3) is 5.91 Å². The summed E-state index contributed by atoms with van der Waals surface area (Å²) in [6, 6.07) is 8.57. The monoisotopic (exact) mass is 335 g/mol. The molecule has 1 heterocycles. The van der Waals surface area contributed by atoms with E-state index in [9.17, 15) is 14.7 Å². The lowest BCUT2D eigenvalue weighted by atomic mass is 9.96. The normalized spacial score (nSPS) is 13.3. The van der Waals surface area contributed by atoms with Gasteiger partial charge in [-0.2, -0.15) is 5.10 Å². The Morgan fingerprint density at radius 1 is 1.39 bits per heavy atom. The summed E-state index contributed by atoms with van der Waals surface area (Å²) in [4.78, 5) is 23.7. The molecule has 7 heteroatoms. The van der Waals surface area contributed by atoms with Crippen molar-refractivity contribution in [3.05, 3.63) is 47.2 Å². The Balaban J connectivity index is 2.20. The summed E-state index contributed by atoms with van der Waals surface area (Å²) >= 11 is 5.94. The molecule has 0 aliphatic rings. The zero-order valence-electron chi connectivity index (χ0n) is 12.9. The summed E-state index contributed by atoms with van der Waals surface area (Å²) < 4.78 is 1.51. The molecule has 0 aliphatic carbocycles. The smallest absolute Gasteiger partial charge is 0.329 e. The highest BCUT2D eigenvalue weighted by Crippen LogP contribution is 2.16. The third-order valence-corrected chi connectivity index (χ3v) is 3.74. The van der Waals surface area contributed by atoms with Gasteiger partial charge >= 0.3 is 5.97 Å². The molecule has 1 amide bonds. The van der Waals surface area contributed by atoms with Gasteiger partial charge < -0.3 is 10.4 Å². The molecular weight excluding hydrogens is 318 g/mol. The van der Waals surface area contributed by atoms with E-state index in [1.165, 1.54) is 17.7 Å². The molecule has 2 N–H and O–H groups in total. The summed E-state index contributed by atoms with van der Waals surface area (Å²) in [6.07, 6.45) is 2.60. The molecule has 0 bridgehead atoms. The Bertz CT molecular complexity index is 729. The molecule has 1 unspecified atom stereocenters. The molecule has 0 radical (unpaired) electrons. The SMILES string of the molecule is CCCC(C)(NC(=O)c1ccn(-c2cccc(Cl)c2)n1)C(=O)O. The van der Waals surface area contributed by atoms with E-state index >= 15 is 0 Å². The van der Waals surface area contributed by atoms with Crippen LogP contribution in [0.2, 0.25) is 5.02 Å². The minimum Gasteiger partial charge on any atom is -0.480 e. The maximum Gasteiger partial charge on any atom is 0.329 e. The van der Waals surface area contributed by atoms with Gasteiger partial charge in [-0.05, 0) is 37.6 Å². The van der Waals surface area contributed by atoms with Crippen LogP contribution in [0.15, 0.2) is 36.5 Å². The molecule has 2 aromatic rings. The number of carbonyl (C=O) groups is 2. The predicted molar refractivity (Wildman–Crippen MR) is 87.0 cm³/mol. The molecule has 0 fully saturated rings. The van der Waals surface area contributed by atoms with Crippen LogP contribution in [0.4, 0.5) is 0 Å². The molecule has 23 heavy (non-hydrogen) atoms. The average Bonchev–Trinajstić information content (AvgIpc) is 2.97. The number of carbonyl (C=O) groups excluding carboxylic acids is 1. The Kier molecular flexibility index (Phi) is 5.05. The number of halogens is 1. The molecule has 1 aromatic carbocycles. The summed E-state index contributed by atoms with van der Waals surface area (Å²) in [5.74, 6) is -1.59. The van der Waals surface area contributed by atoms with Gasteiger partial charge in [0.2, 0.25) is 0 Å². The maximum absolute atomic E-state index is 12.3. The first kappa shape index (κ1) is 17.0. The third kappa shape index (κ3) is 3.90. The number of nitrogens with zero attached hydrogens (tertiary/aromatic N) is 2. The van der Waals surface area contributed by atoms with Crippen LogP contribution < -0.4 is 5.32 Å².